The third-order valence-corrected chi connectivity index (χ3v) is 28.3. The third kappa shape index (κ3) is 20.7. The van der Waals surface area contributed by atoms with Gasteiger partial charge < -0.3 is 24.6 Å². The first kappa shape index (κ1) is 102. The number of aryl methyl sites for hydroxylation is 2. The Hall–Kier alpha value is -14.5. The molecule has 0 unspecified atom stereocenters. The van der Waals surface area contributed by atoms with Gasteiger partial charge in [0.15, 0.2) is 17.5 Å². The van der Waals surface area contributed by atoms with Gasteiger partial charge >= 0.3 is 5.78 Å². The predicted molar refractivity (Wildman–Crippen MR) is 605 cm³/mol. The molecule has 1 radical (unpaired) electrons. The monoisotopic (exact) mass is 2270 g/mol. The fourth-order valence-corrected chi connectivity index (χ4v) is 20.7. The summed E-state index contributed by atoms with van der Waals surface area (Å²) in [6.07, 6.45) is 15.5. The van der Waals surface area contributed by atoms with E-state index < -0.39 is 0 Å². The van der Waals surface area contributed by atoms with E-state index in [-0.39, 0.29) is 63.5 Å². The molecule has 0 amide bonds. The summed E-state index contributed by atoms with van der Waals surface area (Å²) in [5.74, 6) is 2.86. The van der Waals surface area contributed by atoms with Crippen molar-refractivity contribution in [3.63, 3.8) is 0 Å². The molecule has 0 atom stereocenters. The summed E-state index contributed by atoms with van der Waals surface area (Å²) < 4.78 is 2.49. The summed E-state index contributed by atoms with van der Waals surface area (Å²) in [6, 6.07) is 125. The Morgan fingerprint density at radius 1 is 0.363 bits per heavy atom. The molecule has 11 nitrogen and oxygen atoms in total. The van der Waals surface area contributed by atoms with Crippen LogP contribution in [0.25, 0.3) is 217 Å². The number of benzene rings is 14. The molecule has 14 aromatic carbocycles. The minimum Gasteiger partial charge on any atom is -0.656 e. The van der Waals surface area contributed by atoms with Gasteiger partial charge in [0.05, 0.1) is 41.5 Å². The SMILES string of the molecule is CC(=[OH+])C=C(C)O.CC(C)c1ccc(-c2c3nc(c(-c4ccccc4)c4[n-]c(c(-c5ccc(C(C)C)cc5)c5nc(c(-c6ccccc6)c6[n-]c2c2ccccc62)-c2ccccc2-5)c2ccccc42)-c2ccccc2-3)cc1.CCCCCCc1cc(CCCCCC)cc(-n2c3ccccc3c3c[c-]c(-c4ncc(-c5nc(-c6ccc(C(C)(C)C)cc6)nc(-c6ccc(C(C)(C)C)cc6)n5)c5ccccc45)cc32)c1.[Ir].[Pt]. The minimum absolute atomic E-state index is 0. The van der Waals surface area contributed by atoms with Gasteiger partial charge in [0.1, 0.15) is 0 Å². The molecule has 2 N–H and O–H groups in total. The maximum absolute atomic E-state index is 8.40. The van der Waals surface area contributed by atoms with Crippen LogP contribution in [0, 0.1) is 6.07 Å². The summed E-state index contributed by atoms with van der Waals surface area (Å²) in [6.45, 7) is 30.0. The molecule has 733 valence electrons. The number of aliphatic hydroxyl groups is 1. The van der Waals surface area contributed by atoms with Crippen LogP contribution in [-0.2, 0) is 64.8 Å². The summed E-state index contributed by atoms with van der Waals surface area (Å²) >= 11 is 0. The second kappa shape index (κ2) is 43.8. The van der Waals surface area contributed by atoms with Crippen LogP contribution in [-0.4, -0.2) is 50.2 Å². The number of allylic oxidation sites excluding steroid dienone is 2. The molecular formula is C133H123IrN9O2Pt-2. The standard InChI is InChI=1S/C66H48N4.C62H66N5.C5H8O2.Ir.Pt/c1-39(2)41-31-35-45(36-32-41)57-63-51-27-15-11-23-47(51)59(67-63)55(43-19-7-5-8-20-43)61-49-25-13-17-29-53(49)65(69-61)58(46-37-33-42(34-38-46)40(3)4)66-54-30-18-14-26-50(54)62(70-66)56(44-21-9-6-10-22-44)60-48-24-12-16-28-52(48)64(57)68-60;1-9-11-13-15-21-42-37-43(22-16-14-12-10-2)39-49(38-42)67-55-26-20-19-24-51(55)52-36-31-46(40-56(52)67)57-53-25-18-17-23-50(53)54(41-63-57)60-65-58(44-27-32-47(33-28-44)61(3,4)5)64-59(66-60)45-29-34-48(35-30-45)62(6,7)8;1-4(6)3-5(2)7;;/h5-40H,1-4H3;17-20,23-30,32-41H,9-16,21-22H2,1-8H3;3,6H,1-2H3;;/q-2;-1;;;/p+1. The summed E-state index contributed by atoms with van der Waals surface area (Å²) in [5, 5.41) is 17.1. The van der Waals surface area contributed by atoms with E-state index in [2.05, 4.69) is 427 Å². The van der Waals surface area contributed by atoms with Crippen LogP contribution in [0.2, 0.25) is 0 Å². The quantitative estimate of drug-likeness (QED) is 0.0230. The zero-order valence-electron chi connectivity index (χ0n) is 85.7. The minimum atomic E-state index is 0. The number of rotatable bonds is 22. The van der Waals surface area contributed by atoms with Crippen molar-refractivity contribution in [3.05, 3.63) is 391 Å². The fourth-order valence-electron chi connectivity index (χ4n) is 20.7. The zero-order valence-corrected chi connectivity index (χ0v) is 90.4. The van der Waals surface area contributed by atoms with Crippen LogP contribution < -0.4 is 9.97 Å². The molecule has 13 heteroatoms. The molecule has 19 aromatic rings. The van der Waals surface area contributed by atoms with E-state index in [1.807, 2.05) is 6.20 Å². The Labute approximate surface area is 886 Å². The molecule has 0 saturated carbocycles. The number of aliphatic hydroxyl groups excluding tert-OH is 1. The molecule has 7 heterocycles. The second-order valence-electron chi connectivity index (χ2n) is 41.3. The van der Waals surface area contributed by atoms with Crippen molar-refractivity contribution < 1.29 is 51.1 Å². The number of para-hydroxylation sites is 1. The van der Waals surface area contributed by atoms with Gasteiger partial charge in [-0.05, 0) is 200 Å². The van der Waals surface area contributed by atoms with E-state index >= 15 is 0 Å². The summed E-state index contributed by atoms with van der Waals surface area (Å²) in [5.41, 5.74) is 35.6. The molecule has 146 heavy (non-hydrogen) atoms. The molecule has 8 bridgehead atoms. The molecular weight excluding hydrogens is 2140 g/mol. The average molecular weight is 2270 g/mol. The van der Waals surface area contributed by atoms with Crippen molar-refractivity contribution in [2.75, 3.05) is 0 Å². The molecule has 5 aromatic heterocycles. The average Bonchev–Trinajstić information content (AvgIpc) is 1.56. The van der Waals surface area contributed by atoms with Gasteiger partial charge in [0, 0.05) is 97.5 Å². The number of nitrogens with zero attached hydrogens (tertiary/aromatic N) is 9. The molecule has 1 aliphatic carbocycles. The Balaban J connectivity index is 0.000000178. The molecule has 0 fully saturated rings. The summed E-state index contributed by atoms with van der Waals surface area (Å²) in [4.78, 5) is 52.9. The van der Waals surface area contributed by atoms with Crippen molar-refractivity contribution in [1.82, 2.24) is 44.4 Å². The van der Waals surface area contributed by atoms with Crippen molar-refractivity contribution in [1.29, 1.82) is 0 Å². The van der Waals surface area contributed by atoms with Crippen molar-refractivity contribution in [3.8, 4) is 141 Å². The largest absolute Gasteiger partial charge is 0.656 e. The third-order valence-electron chi connectivity index (χ3n) is 28.3. The van der Waals surface area contributed by atoms with Crippen molar-refractivity contribution >= 4 is 82.0 Å². The van der Waals surface area contributed by atoms with Gasteiger partial charge in [-0.3, -0.25) is 4.79 Å². The Kier molecular flexibility index (Phi) is 30.5. The maximum Gasteiger partial charge on any atom is 0.316 e. The molecule has 0 spiro atoms. The Morgan fingerprint density at radius 3 is 1.10 bits per heavy atom. The van der Waals surface area contributed by atoms with Gasteiger partial charge in [-0.1, -0.05) is 430 Å². The van der Waals surface area contributed by atoms with Crippen LogP contribution in [0.5, 0.6) is 0 Å². The van der Waals surface area contributed by atoms with Crippen molar-refractivity contribution in [2.45, 2.75) is 184 Å². The Morgan fingerprint density at radius 2 is 0.719 bits per heavy atom. The van der Waals surface area contributed by atoms with Crippen LogP contribution in [0.1, 0.15) is 194 Å². The van der Waals surface area contributed by atoms with Crippen LogP contribution >= 0.6 is 0 Å². The molecule has 0 saturated heterocycles. The van der Waals surface area contributed by atoms with E-state index in [0.717, 1.165) is 190 Å². The predicted octanol–water partition coefficient (Wildman–Crippen LogP) is 35.3. The number of ketones is 1. The van der Waals surface area contributed by atoms with Crippen LogP contribution in [0.4, 0.5) is 0 Å². The van der Waals surface area contributed by atoms with Crippen LogP contribution in [0.15, 0.2) is 352 Å². The smallest absolute Gasteiger partial charge is 0.316 e. The number of hydrogen-bond acceptors (Lipinski definition) is 7. The number of pyridine rings is 1. The maximum atomic E-state index is 8.40. The number of fused-ring (bicyclic) bond motifs is 4. The van der Waals surface area contributed by atoms with Gasteiger partial charge in [0.2, 0.25) is 0 Å². The van der Waals surface area contributed by atoms with E-state index in [1.54, 1.807) is 0 Å². The normalized spacial score (nSPS) is 11.9. The van der Waals surface area contributed by atoms with Gasteiger partial charge in [-0.25, -0.2) is 24.9 Å². The zero-order chi connectivity index (χ0) is 99.6. The van der Waals surface area contributed by atoms with Crippen molar-refractivity contribution in [2.24, 2.45) is 0 Å². The number of aromatic nitrogens is 9. The van der Waals surface area contributed by atoms with E-state index in [4.69, 9.17) is 49.8 Å². The van der Waals surface area contributed by atoms with Crippen LogP contribution in [0.3, 0.4) is 0 Å². The number of unbranched alkanes of at least 4 members (excludes halogenated alkanes) is 6. The second-order valence-corrected chi connectivity index (χ2v) is 41.3. The first-order valence-electron chi connectivity index (χ1n) is 51.3. The first-order valence-corrected chi connectivity index (χ1v) is 51.3. The Bertz CT molecular complexity index is 8080. The molecule has 2 aliphatic heterocycles. The van der Waals surface area contributed by atoms with Gasteiger partial charge in [-0.2, -0.15) is 0 Å². The molecule has 3 aliphatic rings. The molecule has 22 rings (SSSR count). The van der Waals surface area contributed by atoms with E-state index in [9.17, 15) is 0 Å². The number of carbonyl (C=O) groups excluding carboxylic acids is 1. The number of hydrogen-bond donors (Lipinski definition) is 1. The topological polar surface area (TPSA) is 152 Å². The van der Waals surface area contributed by atoms with E-state index in [1.165, 1.54) is 127 Å². The summed E-state index contributed by atoms with van der Waals surface area (Å²) in [7, 11) is 0. The van der Waals surface area contributed by atoms with Gasteiger partial charge in [0.25, 0.3) is 0 Å². The van der Waals surface area contributed by atoms with E-state index in [0.29, 0.717) is 29.3 Å². The first-order chi connectivity index (χ1) is 69.9. The fraction of sp³-hybridized carbons (Fsp3) is 0.211. The van der Waals surface area contributed by atoms with Gasteiger partial charge in [-0.15, -0.1) is 45.8 Å².